The summed E-state index contributed by atoms with van der Waals surface area (Å²) in [5.74, 6) is -0.370. The van der Waals surface area contributed by atoms with Crippen molar-refractivity contribution in [3.8, 4) is 0 Å². The lowest BCUT2D eigenvalue weighted by Gasteiger charge is -2.29. The van der Waals surface area contributed by atoms with Gasteiger partial charge in [-0.05, 0) is 49.1 Å². The largest absolute Gasteiger partial charge is 0.353 e. The number of fused-ring (bicyclic) bond motifs is 2. The number of carbonyl (C=O) groups excluding carboxylic acids is 1. The summed E-state index contributed by atoms with van der Waals surface area (Å²) >= 11 is 0. The van der Waals surface area contributed by atoms with Gasteiger partial charge in [-0.15, -0.1) is 5.10 Å². The molecule has 8 nitrogen and oxygen atoms in total. The van der Waals surface area contributed by atoms with Crippen molar-refractivity contribution in [2.45, 2.75) is 33.4 Å². The monoisotopic (exact) mass is 446 g/mol. The molecule has 0 radical (unpaired) electrons. The van der Waals surface area contributed by atoms with Gasteiger partial charge >= 0.3 is 5.69 Å². The fourth-order valence-electron chi connectivity index (χ4n) is 4.12. The Morgan fingerprint density at radius 1 is 1.12 bits per heavy atom. The van der Waals surface area contributed by atoms with Crippen LogP contribution in [0, 0.1) is 19.7 Å². The minimum Gasteiger partial charge on any atom is -0.337 e. The lowest BCUT2D eigenvalue weighted by molar-refractivity contribution is -0.117. The van der Waals surface area contributed by atoms with Gasteiger partial charge in [-0.3, -0.25) is 4.79 Å². The highest BCUT2D eigenvalue weighted by atomic mass is 19.1. The molecular weight excluding hydrogens is 423 g/mol. The number of nitrogens with one attached hydrogen (secondary N) is 1. The van der Waals surface area contributed by atoms with Gasteiger partial charge in [0.25, 0.3) is 0 Å². The number of aryl methyl sites for hydroxylation is 2. The maximum Gasteiger partial charge on any atom is 0.353 e. The van der Waals surface area contributed by atoms with Crippen LogP contribution in [0.25, 0.3) is 5.65 Å². The SMILES string of the molecule is Cc1cc2nn(CC(=O)Nc3ccc(C)c(F)c3)c(=O)n2c(N2CCc3ccccc3C2)n1. The van der Waals surface area contributed by atoms with E-state index in [1.54, 1.807) is 25.1 Å². The first-order valence-electron chi connectivity index (χ1n) is 10.7. The van der Waals surface area contributed by atoms with Gasteiger partial charge in [-0.25, -0.2) is 23.3 Å². The summed E-state index contributed by atoms with van der Waals surface area (Å²) in [5, 5.41) is 6.97. The third-order valence-electron chi connectivity index (χ3n) is 5.84. The number of hydrogen-bond donors (Lipinski definition) is 1. The van der Waals surface area contributed by atoms with Crippen molar-refractivity contribution in [3.05, 3.63) is 87.2 Å². The van der Waals surface area contributed by atoms with Gasteiger partial charge in [0.1, 0.15) is 12.4 Å². The number of nitrogens with zero attached hydrogens (tertiary/aromatic N) is 5. The smallest absolute Gasteiger partial charge is 0.337 e. The standard InChI is InChI=1S/C24H23FN6O2/c1-15-7-8-19(12-20(15)25)27-22(32)14-30-24(33)31-21(28-30)11-16(2)26-23(31)29-10-9-17-5-3-4-6-18(17)13-29/h3-8,11-12H,9-10,13-14H2,1-2H3,(H,27,32). The van der Waals surface area contributed by atoms with Crippen LogP contribution in [0.4, 0.5) is 16.0 Å². The Labute approximate surface area is 189 Å². The number of carbonyl (C=O) groups is 1. The second kappa shape index (κ2) is 8.16. The third kappa shape index (κ3) is 3.97. The Morgan fingerprint density at radius 2 is 1.91 bits per heavy atom. The third-order valence-corrected chi connectivity index (χ3v) is 5.84. The van der Waals surface area contributed by atoms with Crippen LogP contribution in [0.3, 0.4) is 0 Å². The van der Waals surface area contributed by atoms with E-state index >= 15 is 0 Å². The predicted octanol–water partition coefficient (Wildman–Crippen LogP) is 2.85. The maximum absolute atomic E-state index is 13.8. The summed E-state index contributed by atoms with van der Waals surface area (Å²) in [6, 6.07) is 14.4. The van der Waals surface area contributed by atoms with E-state index in [-0.39, 0.29) is 6.54 Å². The van der Waals surface area contributed by atoms with Crippen LogP contribution in [-0.2, 0) is 24.3 Å². The highest BCUT2D eigenvalue weighted by Gasteiger charge is 2.23. The van der Waals surface area contributed by atoms with Crippen molar-refractivity contribution >= 4 is 23.2 Å². The molecule has 0 unspecified atom stereocenters. The number of anilines is 2. The van der Waals surface area contributed by atoms with Crippen molar-refractivity contribution in [1.82, 2.24) is 19.2 Å². The molecule has 0 fully saturated rings. The Balaban J connectivity index is 1.45. The van der Waals surface area contributed by atoms with Crippen LogP contribution in [0.2, 0.25) is 0 Å². The van der Waals surface area contributed by atoms with Gasteiger partial charge in [-0.2, -0.15) is 0 Å². The summed E-state index contributed by atoms with van der Waals surface area (Å²) in [5.41, 5.74) is 4.01. The lowest BCUT2D eigenvalue weighted by Crippen LogP contribution is -2.35. The number of hydrogen-bond acceptors (Lipinski definition) is 5. The summed E-state index contributed by atoms with van der Waals surface area (Å²) < 4.78 is 16.3. The summed E-state index contributed by atoms with van der Waals surface area (Å²) in [7, 11) is 0. The molecule has 0 saturated carbocycles. The van der Waals surface area contributed by atoms with Crippen molar-refractivity contribution in [3.63, 3.8) is 0 Å². The summed E-state index contributed by atoms with van der Waals surface area (Å²) in [6.07, 6.45) is 0.853. The van der Waals surface area contributed by atoms with Gasteiger partial charge < -0.3 is 10.2 Å². The van der Waals surface area contributed by atoms with Crippen molar-refractivity contribution in [2.75, 3.05) is 16.8 Å². The maximum atomic E-state index is 13.8. The normalized spacial score (nSPS) is 13.2. The number of amides is 1. The molecule has 3 heterocycles. The Bertz CT molecular complexity index is 1440. The first-order chi connectivity index (χ1) is 15.9. The minimum absolute atomic E-state index is 0.294. The summed E-state index contributed by atoms with van der Waals surface area (Å²) in [4.78, 5) is 32.4. The van der Waals surface area contributed by atoms with E-state index in [1.165, 1.54) is 21.6 Å². The molecule has 2 aromatic carbocycles. The molecule has 5 rings (SSSR count). The van der Waals surface area contributed by atoms with Gasteiger partial charge in [-0.1, -0.05) is 30.3 Å². The number of halogens is 1. The molecule has 0 spiro atoms. The number of aromatic nitrogens is 4. The minimum atomic E-state index is -0.470. The van der Waals surface area contributed by atoms with E-state index in [2.05, 4.69) is 32.4 Å². The molecular formula is C24H23FN6O2. The van der Waals surface area contributed by atoms with E-state index in [9.17, 15) is 14.0 Å². The molecule has 1 aliphatic heterocycles. The number of benzene rings is 2. The van der Waals surface area contributed by atoms with Crippen molar-refractivity contribution in [1.29, 1.82) is 0 Å². The van der Waals surface area contributed by atoms with Crippen LogP contribution in [0.15, 0.2) is 53.3 Å². The highest BCUT2D eigenvalue weighted by molar-refractivity contribution is 5.90. The number of rotatable bonds is 4. The fourth-order valence-corrected chi connectivity index (χ4v) is 4.12. The van der Waals surface area contributed by atoms with E-state index in [4.69, 9.17) is 0 Å². The molecule has 9 heteroatoms. The van der Waals surface area contributed by atoms with Crippen LogP contribution in [0.5, 0.6) is 0 Å². The molecule has 0 bridgehead atoms. The van der Waals surface area contributed by atoms with Crippen LogP contribution in [-0.4, -0.2) is 31.6 Å². The molecule has 0 aliphatic carbocycles. The average molecular weight is 446 g/mol. The molecule has 33 heavy (non-hydrogen) atoms. The predicted molar refractivity (Wildman–Crippen MR) is 123 cm³/mol. The average Bonchev–Trinajstić information content (AvgIpc) is 3.10. The van der Waals surface area contributed by atoms with E-state index in [0.717, 1.165) is 23.3 Å². The van der Waals surface area contributed by atoms with Crippen molar-refractivity contribution in [2.24, 2.45) is 0 Å². The summed E-state index contributed by atoms with van der Waals surface area (Å²) in [6.45, 7) is 4.56. The zero-order chi connectivity index (χ0) is 23.1. The molecule has 0 saturated heterocycles. The molecule has 2 aromatic heterocycles. The first kappa shape index (κ1) is 20.9. The second-order valence-electron chi connectivity index (χ2n) is 8.28. The molecule has 168 valence electrons. The van der Waals surface area contributed by atoms with E-state index in [1.807, 2.05) is 19.1 Å². The Hall–Kier alpha value is -4.01. The molecule has 4 aromatic rings. The lowest BCUT2D eigenvalue weighted by atomic mass is 10.0. The fraction of sp³-hybridized carbons (Fsp3) is 0.250. The van der Waals surface area contributed by atoms with Gasteiger partial charge in [0, 0.05) is 30.5 Å². The van der Waals surface area contributed by atoms with Crippen LogP contribution in [0.1, 0.15) is 22.4 Å². The Morgan fingerprint density at radius 3 is 2.70 bits per heavy atom. The van der Waals surface area contributed by atoms with Gasteiger partial charge in [0.05, 0.1) is 0 Å². The van der Waals surface area contributed by atoms with Crippen molar-refractivity contribution < 1.29 is 9.18 Å². The molecule has 1 N–H and O–H groups in total. The second-order valence-corrected chi connectivity index (χ2v) is 8.28. The van der Waals surface area contributed by atoms with Gasteiger partial charge in [0.15, 0.2) is 5.65 Å². The molecule has 1 amide bonds. The van der Waals surface area contributed by atoms with Crippen LogP contribution < -0.4 is 15.9 Å². The first-order valence-corrected chi connectivity index (χ1v) is 10.7. The van der Waals surface area contributed by atoms with E-state index in [0.29, 0.717) is 29.4 Å². The van der Waals surface area contributed by atoms with Crippen LogP contribution >= 0.6 is 0 Å². The zero-order valence-electron chi connectivity index (χ0n) is 18.4. The van der Waals surface area contributed by atoms with E-state index < -0.39 is 17.4 Å². The molecule has 0 atom stereocenters. The topological polar surface area (TPSA) is 84.5 Å². The molecule has 1 aliphatic rings. The zero-order valence-corrected chi connectivity index (χ0v) is 18.4. The highest BCUT2D eigenvalue weighted by Crippen LogP contribution is 2.23. The Kier molecular flexibility index (Phi) is 5.16. The van der Waals surface area contributed by atoms with Gasteiger partial charge in [0.2, 0.25) is 11.9 Å². The quantitative estimate of drug-likeness (QED) is 0.521.